The number of ether oxygens (including phenoxy) is 5. The number of fused-ring (bicyclic) bond motifs is 4. The molecule has 2 bridgehead atoms. The molecule has 0 aromatic heterocycles. The molecule has 12 nitrogen and oxygen atoms in total. The molecule has 2 aromatic rings. The maximum atomic E-state index is 13.6. The van der Waals surface area contributed by atoms with Gasteiger partial charge in [0.1, 0.15) is 23.2 Å². The average Bonchev–Trinajstić information content (AvgIpc) is 3.21. The van der Waals surface area contributed by atoms with Crippen LogP contribution in [0.1, 0.15) is 38.7 Å². The van der Waals surface area contributed by atoms with Crippen LogP contribution in [0.2, 0.25) is 5.02 Å². The zero-order valence-electron chi connectivity index (χ0n) is 27.7. The third-order valence-electron chi connectivity index (χ3n) is 10.4. The summed E-state index contributed by atoms with van der Waals surface area (Å²) in [4.78, 5) is 30.4. The van der Waals surface area contributed by atoms with E-state index >= 15 is 0 Å². The molecule has 4 heterocycles. The Bertz CT molecular complexity index is 1750. The van der Waals surface area contributed by atoms with Crippen molar-refractivity contribution in [1.29, 1.82) is 0 Å². The van der Waals surface area contributed by atoms with Crippen LogP contribution < -0.4 is 19.1 Å². The second-order valence-corrected chi connectivity index (χ2v) is 16.1. The van der Waals surface area contributed by atoms with E-state index < -0.39 is 39.1 Å². The predicted molar refractivity (Wildman–Crippen MR) is 181 cm³/mol. The molecule has 1 N–H and O–H groups in total. The van der Waals surface area contributed by atoms with Gasteiger partial charge in [-0.2, -0.15) is 0 Å². The Labute approximate surface area is 291 Å². The number of carbonyl (C=O) groups is 2. The van der Waals surface area contributed by atoms with Crippen LogP contribution in [-0.4, -0.2) is 96.2 Å². The number of carbonyl (C=O) groups excluding carboxylic acids is 2. The monoisotopic (exact) mass is 715 g/mol. The number of rotatable bonds is 1. The topological polar surface area (TPSA) is 133 Å². The molecule has 1 aliphatic carbocycles. The van der Waals surface area contributed by atoms with E-state index in [1.54, 1.807) is 23.1 Å². The van der Waals surface area contributed by atoms with Crippen molar-refractivity contribution in [2.24, 2.45) is 11.8 Å². The van der Waals surface area contributed by atoms with Crippen LogP contribution in [0.25, 0.3) is 0 Å². The van der Waals surface area contributed by atoms with Crippen LogP contribution in [-0.2, 0) is 34.4 Å². The number of benzene rings is 2. The van der Waals surface area contributed by atoms with E-state index in [0.717, 1.165) is 18.4 Å². The highest BCUT2D eigenvalue weighted by Crippen LogP contribution is 2.48. The molecule has 4 aliphatic heterocycles. The summed E-state index contributed by atoms with van der Waals surface area (Å²) < 4.78 is 59.4. The Hall–Kier alpha value is -3.52. The summed E-state index contributed by atoms with van der Waals surface area (Å²) in [5.74, 6) is 0.564. The van der Waals surface area contributed by atoms with Crippen LogP contribution in [0.15, 0.2) is 53.4 Å². The van der Waals surface area contributed by atoms with Gasteiger partial charge in [-0.05, 0) is 75.4 Å². The van der Waals surface area contributed by atoms with Gasteiger partial charge in [-0.25, -0.2) is 17.9 Å². The number of morpholine rings is 1. The standard InChI is InChI=1S/C35H42ClN3O9S/c1-34(2)32(40)37-49(42,43)25-7-10-30-28(19-25)39(21-35(22-46-30)11-15-45-31-18-24(36)6-9-27(31)35)20-23-5-8-26(23)29(4-3-14-47-34)48-33(41)38-12-16-44-17-13-38/h3-4,6-7,9-10,18-19,23,26,29H,5,8,11-17,20-22H2,1-2H3,(H,37,40)/b4-3+/t23-,26+,29-,35-/m0/s1. The quantitative estimate of drug-likeness (QED) is 0.427. The van der Waals surface area contributed by atoms with E-state index in [1.165, 1.54) is 19.9 Å². The van der Waals surface area contributed by atoms with Crippen molar-refractivity contribution in [2.75, 3.05) is 64.1 Å². The number of amides is 2. The van der Waals surface area contributed by atoms with Crippen molar-refractivity contribution < 1.29 is 41.7 Å². The highest BCUT2D eigenvalue weighted by atomic mass is 35.5. The van der Waals surface area contributed by atoms with Gasteiger partial charge in [0.2, 0.25) is 0 Å². The Morgan fingerprint density at radius 3 is 2.63 bits per heavy atom. The molecule has 2 amide bonds. The SMILES string of the molecule is CC1(C)OC/C=C/[C@H](OC(=O)N2CCOCC2)[C@@H]2CC[C@H]2CN2C[C@@]3(CCOc4cc(Cl)ccc43)COc3ccc(cc32)S(=O)(=O)NC1=O. The van der Waals surface area contributed by atoms with Crippen LogP contribution in [0, 0.1) is 11.8 Å². The van der Waals surface area contributed by atoms with Crippen LogP contribution in [0.4, 0.5) is 10.5 Å². The highest BCUT2D eigenvalue weighted by molar-refractivity contribution is 7.90. The first-order valence-electron chi connectivity index (χ1n) is 16.8. The molecule has 2 aromatic carbocycles. The number of anilines is 1. The van der Waals surface area contributed by atoms with Gasteiger partial charge in [0.25, 0.3) is 15.9 Å². The Morgan fingerprint density at radius 2 is 1.86 bits per heavy atom. The smallest absolute Gasteiger partial charge is 0.410 e. The fourth-order valence-electron chi connectivity index (χ4n) is 7.33. The molecular weight excluding hydrogens is 674 g/mol. The fraction of sp³-hybridized carbons (Fsp3) is 0.543. The molecule has 7 rings (SSSR count). The lowest BCUT2D eigenvalue weighted by Gasteiger charge is -2.46. The van der Waals surface area contributed by atoms with E-state index in [1.807, 2.05) is 24.3 Å². The maximum absolute atomic E-state index is 13.6. The lowest BCUT2D eigenvalue weighted by molar-refractivity contribution is -0.139. The number of nitrogens with zero attached hydrogens (tertiary/aromatic N) is 2. The summed E-state index contributed by atoms with van der Waals surface area (Å²) in [6.07, 6.45) is 5.08. The van der Waals surface area contributed by atoms with Crippen LogP contribution in [0.5, 0.6) is 11.5 Å². The van der Waals surface area contributed by atoms with Gasteiger partial charge >= 0.3 is 6.09 Å². The van der Waals surface area contributed by atoms with Crippen LogP contribution in [0.3, 0.4) is 0 Å². The van der Waals surface area contributed by atoms with Gasteiger partial charge in [0.15, 0.2) is 0 Å². The summed E-state index contributed by atoms with van der Waals surface area (Å²) in [7, 11) is -4.26. The van der Waals surface area contributed by atoms with Crippen molar-refractivity contribution >= 4 is 39.3 Å². The zero-order chi connectivity index (χ0) is 34.4. The van der Waals surface area contributed by atoms with Crippen molar-refractivity contribution in [1.82, 2.24) is 9.62 Å². The van der Waals surface area contributed by atoms with Gasteiger partial charge in [-0.15, -0.1) is 0 Å². The third kappa shape index (κ3) is 6.82. The number of hydrogen-bond donors (Lipinski definition) is 1. The van der Waals surface area contributed by atoms with E-state index in [4.69, 9.17) is 35.3 Å². The van der Waals surface area contributed by atoms with Gasteiger partial charge < -0.3 is 33.5 Å². The van der Waals surface area contributed by atoms with Crippen molar-refractivity contribution in [3.8, 4) is 11.5 Å². The fourth-order valence-corrected chi connectivity index (χ4v) is 8.61. The minimum absolute atomic E-state index is 0.00160. The lowest BCUT2D eigenvalue weighted by Crippen LogP contribution is -2.51. The summed E-state index contributed by atoms with van der Waals surface area (Å²) in [5, 5.41) is 0.576. The van der Waals surface area contributed by atoms with E-state index in [0.29, 0.717) is 81.2 Å². The molecule has 1 spiro atoms. The molecule has 4 atom stereocenters. The second kappa shape index (κ2) is 13.3. The Balaban J connectivity index is 1.28. The first-order chi connectivity index (χ1) is 23.4. The first-order valence-corrected chi connectivity index (χ1v) is 18.7. The summed E-state index contributed by atoms with van der Waals surface area (Å²) >= 11 is 6.35. The van der Waals surface area contributed by atoms with Crippen molar-refractivity contribution in [3.05, 3.63) is 59.1 Å². The van der Waals surface area contributed by atoms with E-state index in [2.05, 4.69) is 9.62 Å². The predicted octanol–water partition coefficient (Wildman–Crippen LogP) is 4.29. The summed E-state index contributed by atoms with van der Waals surface area (Å²) in [6.45, 7) is 6.78. The van der Waals surface area contributed by atoms with Gasteiger partial charge in [-0.3, -0.25) is 4.79 Å². The third-order valence-corrected chi connectivity index (χ3v) is 12.0. The van der Waals surface area contributed by atoms with Gasteiger partial charge in [-0.1, -0.05) is 23.7 Å². The normalized spacial score (nSPS) is 29.9. The Morgan fingerprint density at radius 1 is 1.04 bits per heavy atom. The first kappa shape index (κ1) is 34.0. The molecule has 264 valence electrons. The summed E-state index contributed by atoms with van der Waals surface area (Å²) in [6, 6.07) is 10.3. The van der Waals surface area contributed by atoms with Gasteiger partial charge in [0, 0.05) is 42.7 Å². The van der Waals surface area contributed by atoms with E-state index in [9.17, 15) is 18.0 Å². The number of nitrogens with one attached hydrogen (secondary N) is 1. The highest BCUT2D eigenvalue weighted by Gasteiger charge is 2.46. The van der Waals surface area contributed by atoms with Crippen molar-refractivity contribution in [2.45, 2.75) is 55.1 Å². The summed E-state index contributed by atoms with van der Waals surface area (Å²) in [5.41, 5.74) is -0.357. The second-order valence-electron chi connectivity index (χ2n) is 14.0. The molecule has 1 saturated carbocycles. The van der Waals surface area contributed by atoms with Crippen LogP contribution >= 0.6 is 11.6 Å². The minimum atomic E-state index is -4.26. The molecule has 0 unspecified atom stereocenters. The Kier molecular flexibility index (Phi) is 9.22. The molecule has 2 fully saturated rings. The molecule has 14 heteroatoms. The largest absolute Gasteiger partial charge is 0.493 e. The molecule has 0 radical (unpaired) electrons. The van der Waals surface area contributed by atoms with Crippen molar-refractivity contribution in [3.63, 3.8) is 0 Å². The average molecular weight is 716 g/mol. The maximum Gasteiger partial charge on any atom is 0.410 e. The zero-order valence-corrected chi connectivity index (χ0v) is 29.3. The molecule has 49 heavy (non-hydrogen) atoms. The van der Waals surface area contributed by atoms with Gasteiger partial charge in [0.05, 0.1) is 49.0 Å². The molecular formula is C35H42ClN3O9S. The number of sulfonamides is 1. The van der Waals surface area contributed by atoms with E-state index in [-0.39, 0.29) is 23.3 Å². The lowest BCUT2D eigenvalue weighted by atomic mass is 9.69. The number of halogens is 1. The minimum Gasteiger partial charge on any atom is -0.493 e. The molecule has 1 saturated heterocycles. The molecule has 5 aliphatic rings. The number of hydrogen-bond acceptors (Lipinski definition) is 10.